The van der Waals surface area contributed by atoms with Crippen molar-refractivity contribution in [1.29, 1.82) is 0 Å². The maximum Gasteiger partial charge on any atom is 0.135 e. The molecule has 0 amide bonds. The molecule has 9 rings (SSSR count). The minimum Gasteiger partial charge on any atom is -0.509 e. The summed E-state index contributed by atoms with van der Waals surface area (Å²) in [5.74, 6) is 2.07. The van der Waals surface area contributed by atoms with E-state index in [2.05, 4.69) is 196 Å². The molecule has 6 aromatic carbocycles. The van der Waals surface area contributed by atoms with Crippen molar-refractivity contribution in [3.8, 4) is 28.4 Å². The molecule has 1 aliphatic rings. The van der Waals surface area contributed by atoms with Crippen molar-refractivity contribution >= 4 is 44.6 Å². The third-order valence-electron chi connectivity index (χ3n) is 10.5. The van der Waals surface area contributed by atoms with Gasteiger partial charge in [-0.25, -0.2) is 4.98 Å². The summed E-state index contributed by atoms with van der Waals surface area (Å²) in [5.41, 5.74) is 10.6. The van der Waals surface area contributed by atoms with Crippen molar-refractivity contribution in [2.24, 2.45) is 0 Å². The van der Waals surface area contributed by atoms with Crippen LogP contribution < -0.4 is 14.5 Å². The zero-order valence-electron chi connectivity index (χ0n) is 32.4. The maximum atomic E-state index is 6.89. The third-order valence-corrected chi connectivity index (χ3v) is 10.5. The van der Waals surface area contributed by atoms with Gasteiger partial charge in [0.05, 0.1) is 0 Å². The number of aromatic nitrogens is 2. The summed E-state index contributed by atoms with van der Waals surface area (Å²) in [6, 6.07) is 56.1. The summed E-state index contributed by atoms with van der Waals surface area (Å²) in [4.78, 5) is 9.33. The fraction of sp³-hybridized carbons (Fsp3) is 0.160. The largest absolute Gasteiger partial charge is 0.509 e. The Balaban J connectivity index is 0.00000441. The topological polar surface area (TPSA) is 33.5 Å². The van der Waals surface area contributed by atoms with Crippen LogP contribution in [-0.2, 0) is 31.9 Å². The molecule has 56 heavy (non-hydrogen) atoms. The monoisotopic (exact) mass is 910 g/mol. The van der Waals surface area contributed by atoms with Crippen LogP contribution in [0.2, 0.25) is 0 Å². The Morgan fingerprint density at radius 2 is 1.29 bits per heavy atom. The Morgan fingerprint density at radius 3 is 2.05 bits per heavy atom. The Hall–Kier alpha value is -5.64. The van der Waals surface area contributed by atoms with E-state index < -0.39 is 0 Å². The number of para-hydroxylation sites is 3. The first-order valence-corrected chi connectivity index (χ1v) is 18.9. The molecule has 8 aromatic rings. The minimum atomic E-state index is -0.0312. The molecule has 282 valence electrons. The molecule has 6 heteroatoms. The van der Waals surface area contributed by atoms with Gasteiger partial charge in [0.2, 0.25) is 0 Å². The Morgan fingerprint density at radius 1 is 0.607 bits per heavy atom. The van der Waals surface area contributed by atoms with E-state index in [4.69, 9.17) is 9.72 Å². The van der Waals surface area contributed by atoms with Gasteiger partial charge in [-0.05, 0) is 69.8 Å². The van der Waals surface area contributed by atoms with Crippen molar-refractivity contribution in [1.82, 2.24) is 9.55 Å². The van der Waals surface area contributed by atoms with Crippen LogP contribution in [0.1, 0.15) is 52.7 Å². The van der Waals surface area contributed by atoms with Crippen molar-refractivity contribution < 1.29 is 25.8 Å². The summed E-state index contributed by atoms with van der Waals surface area (Å²) in [6.45, 7) is 15.6. The average Bonchev–Trinajstić information content (AvgIpc) is 3.74. The summed E-state index contributed by atoms with van der Waals surface area (Å²) in [5, 5.41) is 2.22. The van der Waals surface area contributed by atoms with Gasteiger partial charge in [-0.1, -0.05) is 131 Å². The Labute approximate surface area is 344 Å². The number of anilines is 4. The van der Waals surface area contributed by atoms with E-state index in [0.717, 1.165) is 61.5 Å². The van der Waals surface area contributed by atoms with Crippen LogP contribution in [0.25, 0.3) is 38.8 Å². The zero-order valence-corrected chi connectivity index (χ0v) is 34.7. The number of benzene rings is 6. The standard InChI is InChI=1S/C50H43N4O.Pt/c1-49(2,3)35-18-14-19-37(28-35)52-33-53(45-25-13-12-24-44(45)52)38-20-15-21-39(30-38)55-47-32-46-42(31-41(47)34-16-8-7-9-17-34)40-22-10-11-23-43(40)54(46)48-29-36(26-27-51-48)50(4,5)6;/h7-29,31,33H,1-6H3;/q-3;. The van der Waals surface area contributed by atoms with E-state index in [0.29, 0.717) is 11.5 Å². The molecule has 0 bridgehead atoms. The van der Waals surface area contributed by atoms with Gasteiger partial charge in [0.15, 0.2) is 0 Å². The molecule has 0 radical (unpaired) electrons. The van der Waals surface area contributed by atoms with E-state index in [9.17, 15) is 0 Å². The molecule has 0 unspecified atom stereocenters. The molecule has 0 fully saturated rings. The van der Waals surface area contributed by atoms with Crippen LogP contribution in [0, 0.1) is 18.8 Å². The second-order valence-corrected chi connectivity index (χ2v) is 16.3. The number of ether oxygens (including phenoxy) is 1. The molecular weight excluding hydrogens is 868 g/mol. The maximum absolute atomic E-state index is 6.89. The summed E-state index contributed by atoms with van der Waals surface area (Å²) in [7, 11) is 0. The molecule has 0 spiro atoms. The van der Waals surface area contributed by atoms with Gasteiger partial charge in [0, 0.05) is 61.3 Å². The number of pyridine rings is 1. The van der Waals surface area contributed by atoms with E-state index >= 15 is 0 Å². The predicted octanol–water partition coefficient (Wildman–Crippen LogP) is 13.2. The number of hydrogen-bond donors (Lipinski definition) is 0. The number of fused-ring (bicyclic) bond motifs is 4. The van der Waals surface area contributed by atoms with Crippen LogP contribution >= 0.6 is 0 Å². The second-order valence-electron chi connectivity index (χ2n) is 16.3. The zero-order chi connectivity index (χ0) is 37.9. The molecule has 0 saturated heterocycles. The molecule has 0 saturated carbocycles. The fourth-order valence-electron chi connectivity index (χ4n) is 7.45. The number of hydrogen-bond acceptors (Lipinski definition) is 4. The second kappa shape index (κ2) is 14.5. The Kier molecular flexibility index (Phi) is 9.63. The SMILES string of the molecule is CC(C)(C)c1cccc(N2[CH-]N(c3[c-]c(Oc4[c-]c5c(cc4-c4ccccc4)c4ccccc4n5-c4cc(C(C)(C)C)ccn4)ccc3)c3ccccc32)c1.[Pt]. The van der Waals surface area contributed by atoms with Crippen molar-refractivity contribution in [3.05, 3.63) is 176 Å². The van der Waals surface area contributed by atoms with E-state index in [1.807, 2.05) is 24.4 Å². The smallest absolute Gasteiger partial charge is 0.135 e. The molecule has 0 atom stereocenters. The minimum absolute atomic E-state index is 0. The molecule has 5 nitrogen and oxygen atoms in total. The normalized spacial score (nSPS) is 12.9. The van der Waals surface area contributed by atoms with Gasteiger partial charge in [-0.3, -0.25) is 0 Å². The van der Waals surface area contributed by atoms with Crippen LogP contribution in [0.5, 0.6) is 11.5 Å². The Bertz CT molecular complexity index is 2700. The molecule has 3 heterocycles. The molecular formula is C50H43N4OPt-3. The van der Waals surface area contributed by atoms with Crippen LogP contribution in [-0.4, -0.2) is 9.55 Å². The van der Waals surface area contributed by atoms with Crippen LogP contribution in [0.4, 0.5) is 22.7 Å². The quantitative estimate of drug-likeness (QED) is 0.156. The first-order valence-electron chi connectivity index (χ1n) is 18.9. The fourth-order valence-corrected chi connectivity index (χ4v) is 7.45. The van der Waals surface area contributed by atoms with Gasteiger partial charge in [0.1, 0.15) is 5.82 Å². The summed E-state index contributed by atoms with van der Waals surface area (Å²) in [6.07, 6.45) is 1.91. The molecule has 1 aliphatic heterocycles. The van der Waals surface area contributed by atoms with E-state index in [1.54, 1.807) is 0 Å². The number of nitrogens with zero attached hydrogens (tertiary/aromatic N) is 4. The van der Waals surface area contributed by atoms with Crippen LogP contribution in [0.3, 0.4) is 0 Å². The van der Waals surface area contributed by atoms with Crippen LogP contribution in [0.15, 0.2) is 146 Å². The third kappa shape index (κ3) is 6.79. The average molecular weight is 911 g/mol. The van der Waals surface area contributed by atoms with Crippen molar-refractivity contribution in [2.45, 2.75) is 52.4 Å². The molecule has 0 aliphatic carbocycles. The van der Waals surface area contributed by atoms with Gasteiger partial charge < -0.3 is 19.1 Å². The van der Waals surface area contributed by atoms with Crippen molar-refractivity contribution in [3.63, 3.8) is 0 Å². The van der Waals surface area contributed by atoms with Gasteiger partial charge in [-0.2, -0.15) is 12.1 Å². The number of rotatable bonds is 6. The summed E-state index contributed by atoms with van der Waals surface area (Å²) < 4.78 is 9.10. The molecule has 2 aromatic heterocycles. The van der Waals surface area contributed by atoms with Gasteiger partial charge >= 0.3 is 0 Å². The van der Waals surface area contributed by atoms with Gasteiger partial charge in [0.25, 0.3) is 0 Å². The van der Waals surface area contributed by atoms with E-state index in [1.165, 1.54) is 11.1 Å². The van der Waals surface area contributed by atoms with Crippen molar-refractivity contribution in [2.75, 3.05) is 9.80 Å². The molecule has 0 N–H and O–H groups in total. The van der Waals surface area contributed by atoms with E-state index in [-0.39, 0.29) is 31.9 Å². The first-order chi connectivity index (χ1) is 26.5. The van der Waals surface area contributed by atoms with Gasteiger partial charge in [-0.15, -0.1) is 42.0 Å². The first kappa shape index (κ1) is 37.3. The predicted molar refractivity (Wildman–Crippen MR) is 227 cm³/mol. The summed E-state index contributed by atoms with van der Waals surface area (Å²) >= 11 is 0.